The molecule has 1 N–H and O–H groups in total. The smallest absolute Gasteiger partial charge is 0.212 e. The molecular weight excluding hydrogens is 311 g/mol. The monoisotopic (exact) mass is 322 g/mol. The molecule has 0 amide bonds. The van der Waals surface area contributed by atoms with Crippen LogP contribution in [0.5, 0.6) is 5.75 Å². The number of halogens is 2. The fourth-order valence-electron chi connectivity index (χ4n) is 2.18. The van der Waals surface area contributed by atoms with Gasteiger partial charge in [-0.3, -0.25) is 0 Å². The van der Waals surface area contributed by atoms with Crippen LogP contribution in [-0.4, -0.2) is 11.6 Å². The van der Waals surface area contributed by atoms with E-state index in [-0.39, 0.29) is 6.04 Å². The molecule has 2 heterocycles. The zero-order chi connectivity index (χ0) is 13.2. The molecule has 0 spiro atoms. The summed E-state index contributed by atoms with van der Waals surface area (Å²) in [6.07, 6.45) is 2.36. The third-order valence-electron chi connectivity index (χ3n) is 3.08. The first-order valence-corrected chi connectivity index (χ1v) is 6.82. The van der Waals surface area contributed by atoms with Gasteiger partial charge in [0.2, 0.25) is 5.95 Å². The summed E-state index contributed by atoms with van der Waals surface area (Å²) in [6.45, 7) is 0.668. The second-order valence-corrected chi connectivity index (χ2v) is 5.30. The highest BCUT2D eigenvalue weighted by Crippen LogP contribution is 2.35. The molecule has 19 heavy (non-hydrogen) atoms. The Kier molecular flexibility index (Phi) is 3.38. The minimum atomic E-state index is -0.472. The number of ether oxygens (including phenoxy) is 1. The number of anilines is 1. The zero-order valence-electron chi connectivity index (χ0n) is 10.1. The average molecular weight is 323 g/mol. The van der Waals surface area contributed by atoms with Crippen LogP contribution in [0.4, 0.5) is 10.1 Å². The molecule has 1 aliphatic rings. The fourth-order valence-corrected chi connectivity index (χ4v) is 2.56. The van der Waals surface area contributed by atoms with Gasteiger partial charge in [-0.05, 0) is 30.3 Å². The fraction of sp³-hybridized carbons (Fsp3) is 0.214. The minimum absolute atomic E-state index is 0.147. The van der Waals surface area contributed by atoms with Crippen LogP contribution >= 0.6 is 15.9 Å². The predicted molar refractivity (Wildman–Crippen MR) is 74.8 cm³/mol. The molecular formula is C14H12BrFN2O. The van der Waals surface area contributed by atoms with Gasteiger partial charge in [-0.2, -0.15) is 4.39 Å². The van der Waals surface area contributed by atoms with E-state index in [1.807, 2.05) is 18.2 Å². The summed E-state index contributed by atoms with van der Waals surface area (Å²) < 4.78 is 19.4. The lowest BCUT2D eigenvalue weighted by molar-refractivity contribution is 0.274. The first-order valence-electron chi connectivity index (χ1n) is 6.03. The average Bonchev–Trinajstić information content (AvgIpc) is 2.42. The summed E-state index contributed by atoms with van der Waals surface area (Å²) >= 11 is 3.47. The third-order valence-corrected chi connectivity index (χ3v) is 3.57. The van der Waals surface area contributed by atoms with E-state index in [1.54, 1.807) is 6.07 Å². The van der Waals surface area contributed by atoms with E-state index in [9.17, 15) is 4.39 Å². The number of aromatic nitrogens is 1. The third kappa shape index (κ3) is 2.71. The summed E-state index contributed by atoms with van der Waals surface area (Å²) in [5.74, 6) is 0.419. The molecule has 0 aliphatic carbocycles. The second kappa shape index (κ2) is 5.17. The van der Waals surface area contributed by atoms with Crippen LogP contribution in [-0.2, 0) is 0 Å². The lowest BCUT2D eigenvalue weighted by atomic mass is 10.0. The second-order valence-electron chi connectivity index (χ2n) is 4.39. The molecule has 0 bridgehead atoms. The molecule has 1 aromatic carbocycles. The lowest BCUT2D eigenvalue weighted by Crippen LogP contribution is -2.20. The Morgan fingerprint density at radius 1 is 1.32 bits per heavy atom. The Bertz CT molecular complexity index is 588. The zero-order valence-corrected chi connectivity index (χ0v) is 11.7. The van der Waals surface area contributed by atoms with Gasteiger partial charge in [-0.1, -0.05) is 15.9 Å². The Hall–Kier alpha value is -1.62. The minimum Gasteiger partial charge on any atom is -0.493 e. The topological polar surface area (TPSA) is 34.1 Å². The number of nitrogens with one attached hydrogen (secondary N) is 1. The molecule has 0 saturated heterocycles. The number of hydrogen-bond donors (Lipinski definition) is 1. The Morgan fingerprint density at radius 3 is 3.00 bits per heavy atom. The molecule has 5 heteroatoms. The van der Waals surface area contributed by atoms with Gasteiger partial charge in [-0.25, -0.2) is 4.98 Å². The van der Waals surface area contributed by atoms with E-state index in [2.05, 4.69) is 26.2 Å². The summed E-state index contributed by atoms with van der Waals surface area (Å²) in [5.41, 5.74) is 1.91. The number of benzene rings is 1. The molecule has 0 radical (unpaired) electrons. The van der Waals surface area contributed by atoms with Crippen LogP contribution in [0, 0.1) is 5.95 Å². The van der Waals surface area contributed by atoms with E-state index < -0.39 is 5.95 Å². The SMILES string of the molecule is Fc1ccc(NC2CCOc3ccc(Br)cc32)cn1. The van der Waals surface area contributed by atoms with Crippen molar-refractivity contribution in [2.75, 3.05) is 11.9 Å². The van der Waals surface area contributed by atoms with Gasteiger partial charge in [0.1, 0.15) is 5.75 Å². The van der Waals surface area contributed by atoms with E-state index >= 15 is 0 Å². The lowest BCUT2D eigenvalue weighted by Gasteiger charge is -2.27. The number of rotatable bonds is 2. The first kappa shape index (κ1) is 12.4. The Balaban J connectivity index is 1.87. The van der Waals surface area contributed by atoms with Crippen molar-refractivity contribution in [2.24, 2.45) is 0 Å². The Morgan fingerprint density at radius 2 is 2.21 bits per heavy atom. The molecule has 2 aromatic rings. The van der Waals surface area contributed by atoms with Gasteiger partial charge in [0.25, 0.3) is 0 Å². The highest BCUT2D eigenvalue weighted by Gasteiger charge is 2.21. The molecule has 3 rings (SSSR count). The quantitative estimate of drug-likeness (QED) is 0.851. The molecule has 1 aromatic heterocycles. The van der Waals surface area contributed by atoms with E-state index in [1.165, 1.54) is 12.3 Å². The highest BCUT2D eigenvalue weighted by molar-refractivity contribution is 9.10. The van der Waals surface area contributed by atoms with Gasteiger partial charge >= 0.3 is 0 Å². The van der Waals surface area contributed by atoms with Crippen molar-refractivity contribution in [2.45, 2.75) is 12.5 Å². The van der Waals surface area contributed by atoms with Gasteiger partial charge in [0.15, 0.2) is 0 Å². The van der Waals surface area contributed by atoms with E-state index in [4.69, 9.17) is 4.74 Å². The summed E-state index contributed by atoms with van der Waals surface area (Å²) in [4.78, 5) is 3.65. The number of pyridine rings is 1. The van der Waals surface area contributed by atoms with Crippen LogP contribution in [0.3, 0.4) is 0 Å². The molecule has 1 unspecified atom stereocenters. The van der Waals surface area contributed by atoms with Crippen molar-refractivity contribution in [1.29, 1.82) is 0 Å². The van der Waals surface area contributed by atoms with Crippen LogP contribution < -0.4 is 10.1 Å². The molecule has 0 saturated carbocycles. The van der Waals surface area contributed by atoms with Gasteiger partial charge in [0, 0.05) is 16.5 Å². The van der Waals surface area contributed by atoms with Crippen molar-refractivity contribution >= 4 is 21.6 Å². The van der Waals surface area contributed by atoms with Crippen molar-refractivity contribution in [1.82, 2.24) is 4.98 Å². The highest BCUT2D eigenvalue weighted by atomic mass is 79.9. The number of fused-ring (bicyclic) bond motifs is 1. The standard InChI is InChI=1S/C14H12BrFN2O/c15-9-1-3-13-11(7-9)12(5-6-19-13)18-10-2-4-14(16)17-8-10/h1-4,7-8,12,18H,5-6H2. The maximum absolute atomic E-state index is 12.8. The van der Waals surface area contributed by atoms with E-state index in [0.29, 0.717) is 6.61 Å². The number of nitrogens with zero attached hydrogens (tertiary/aromatic N) is 1. The molecule has 98 valence electrons. The van der Waals surface area contributed by atoms with Crippen LogP contribution in [0.2, 0.25) is 0 Å². The van der Waals surface area contributed by atoms with Gasteiger partial charge < -0.3 is 10.1 Å². The molecule has 1 aliphatic heterocycles. The van der Waals surface area contributed by atoms with E-state index in [0.717, 1.165) is 27.9 Å². The van der Waals surface area contributed by atoms with Crippen LogP contribution in [0.25, 0.3) is 0 Å². The van der Waals surface area contributed by atoms with Crippen molar-refractivity contribution in [3.8, 4) is 5.75 Å². The van der Waals surface area contributed by atoms with Crippen molar-refractivity contribution in [3.05, 3.63) is 52.5 Å². The van der Waals surface area contributed by atoms with Crippen molar-refractivity contribution in [3.63, 3.8) is 0 Å². The molecule has 3 nitrogen and oxygen atoms in total. The van der Waals surface area contributed by atoms with Gasteiger partial charge in [-0.15, -0.1) is 0 Å². The summed E-state index contributed by atoms with van der Waals surface area (Å²) in [7, 11) is 0. The molecule has 0 fully saturated rings. The van der Waals surface area contributed by atoms with Crippen LogP contribution in [0.15, 0.2) is 41.0 Å². The largest absolute Gasteiger partial charge is 0.493 e. The summed E-state index contributed by atoms with van der Waals surface area (Å²) in [5, 5.41) is 3.36. The Labute approximate surface area is 118 Å². The summed E-state index contributed by atoms with van der Waals surface area (Å²) in [6, 6.07) is 9.15. The maximum Gasteiger partial charge on any atom is 0.212 e. The molecule has 1 atom stereocenters. The normalized spacial score (nSPS) is 17.5. The maximum atomic E-state index is 12.8. The van der Waals surface area contributed by atoms with Crippen molar-refractivity contribution < 1.29 is 9.13 Å². The first-order chi connectivity index (χ1) is 9.22. The number of hydrogen-bond acceptors (Lipinski definition) is 3. The predicted octanol–water partition coefficient (Wildman–Crippen LogP) is 3.92. The van der Waals surface area contributed by atoms with Gasteiger partial charge in [0.05, 0.1) is 24.5 Å². The van der Waals surface area contributed by atoms with Crippen LogP contribution in [0.1, 0.15) is 18.0 Å².